The van der Waals surface area contributed by atoms with Crippen molar-refractivity contribution in [3.05, 3.63) is 58.6 Å². The van der Waals surface area contributed by atoms with Gasteiger partial charge in [-0.2, -0.15) is 0 Å². The molecule has 1 fully saturated rings. The Morgan fingerprint density at radius 3 is 2.87 bits per heavy atom. The molecule has 1 amide bonds. The van der Waals surface area contributed by atoms with Crippen LogP contribution >= 0.6 is 11.6 Å². The van der Waals surface area contributed by atoms with E-state index in [4.69, 9.17) is 11.6 Å². The van der Waals surface area contributed by atoms with Crippen molar-refractivity contribution in [1.82, 2.24) is 10.6 Å². The summed E-state index contributed by atoms with van der Waals surface area (Å²) >= 11 is 6.20. The molecule has 4 rings (SSSR count). The monoisotopic (exact) mass is 439 g/mol. The smallest absolute Gasteiger partial charge is 0.225 e. The van der Waals surface area contributed by atoms with Crippen LogP contribution in [-0.2, 0) is 4.79 Å². The lowest BCUT2D eigenvalue weighted by Gasteiger charge is -2.26. The molecule has 2 atom stereocenters. The highest BCUT2D eigenvalue weighted by Gasteiger charge is 2.26. The Hall–Kier alpha value is -2.73. The lowest BCUT2D eigenvalue weighted by molar-refractivity contribution is -0.116. The van der Waals surface area contributed by atoms with Gasteiger partial charge in [0, 0.05) is 62.0 Å². The summed E-state index contributed by atoms with van der Waals surface area (Å²) in [6.45, 7) is 5.70. The van der Waals surface area contributed by atoms with Gasteiger partial charge >= 0.3 is 0 Å². The van der Waals surface area contributed by atoms with Crippen molar-refractivity contribution in [1.29, 1.82) is 0 Å². The Morgan fingerprint density at radius 1 is 1.23 bits per heavy atom. The number of carbonyl (C=O) groups is 1. The van der Waals surface area contributed by atoms with Gasteiger partial charge in [-0.15, -0.1) is 0 Å². The Bertz CT molecular complexity index is 976. The maximum absolute atomic E-state index is 12.0. The maximum atomic E-state index is 12.0. The normalized spacial score (nSPS) is 20.9. The summed E-state index contributed by atoms with van der Waals surface area (Å²) in [4.78, 5) is 18.8. The summed E-state index contributed by atoms with van der Waals surface area (Å²) in [7, 11) is 1.78. The van der Waals surface area contributed by atoms with Crippen molar-refractivity contribution in [2.45, 2.75) is 25.7 Å². The molecule has 2 aromatic rings. The SMILES string of the molecule is CN=C(NCC1CCN(c2cc(Cl)ccc2C)C1)NCC1CC(=O)Nc2ccccc21. The topological polar surface area (TPSA) is 68.8 Å². The number of hydrogen-bond acceptors (Lipinski definition) is 3. The Morgan fingerprint density at radius 2 is 2.03 bits per heavy atom. The lowest BCUT2D eigenvalue weighted by Crippen LogP contribution is -2.42. The summed E-state index contributed by atoms with van der Waals surface area (Å²) in [5.74, 6) is 1.52. The molecular formula is C24H30ClN5O. The summed E-state index contributed by atoms with van der Waals surface area (Å²) in [6, 6.07) is 14.1. The number of benzene rings is 2. The Balaban J connectivity index is 1.29. The third-order valence-corrected chi connectivity index (χ3v) is 6.44. The van der Waals surface area contributed by atoms with Gasteiger partial charge in [0.2, 0.25) is 5.91 Å². The predicted octanol–water partition coefficient (Wildman–Crippen LogP) is 3.77. The van der Waals surface area contributed by atoms with E-state index in [9.17, 15) is 4.79 Å². The van der Waals surface area contributed by atoms with Gasteiger partial charge in [-0.1, -0.05) is 35.9 Å². The van der Waals surface area contributed by atoms with Gasteiger partial charge in [-0.05, 0) is 48.6 Å². The van der Waals surface area contributed by atoms with E-state index >= 15 is 0 Å². The molecular weight excluding hydrogens is 410 g/mol. The molecule has 1 saturated heterocycles. The highest BCUT2D eigenvalue weighted by Crippen LogP contribution is 2.31. The zero-order valence-electron chi connectivity index (χ0n) is 18.1. The van der Waals surface area contributed by atoms with Crippen molar-refractivity contribution >= 4 is 34.8 Å². The van der Waals surface area contributed by atoms with E-state index in [1.165, 1.54) is 16.8 Å². The first-order valence-electron chi connectivity index (χ1n) is 10.9. The van der Waals surface area contributed by atoms with Gasteiger partial charge in [0.15, 0.2) is 5.96 Å². The predicted molar refractivity (Wildman–Crippen MR) is 128 cm³/mol. The minimum absolute atomic E-state index is 0.0656. The van der Waals surface area contributed by atoms with Crippen LogP contribution in [0.4, 0.5) is 11.4 Å². The summed E-state index contributed by atoms with van der Waals surface area (Å²) in [5, 5.41) is 10.6. The molecule has 2 aromatic carbocycles. The van der Waals surface area contributed by atoms with E-state index in [0.29, 0.717) is 18.9 Å². The summed E-state index contributed by atoms with van der Waals surface area (Å²) in [5.41, 5.74) is 4.57. The Labute approximate surface area is 189 Å². The van der Waals surface area contributed by atoms with E-state index in [2.05, 4.69) is 51.0 Å². The number of aliphatic imine (C=N–C) groups is 1. The number of nitrogens with one attached hydrogen (secondary N) is 3. The number of amides is 1. The highest BCUT2D eigenvalue weighted by molar-refractivity contribution is 6.30. The summed E-state index contributed by atoms with van der Waals surface area (Å²) < 4.78 is 0. The molecule has 0 radical (unpaired) electrons. The largest absolute Gasteiger partial charge is 0.371 e. The van der Waals surface area contributed by atoms with E-state index in [1.807, 2.05) is 24.3 Å². The maximum Gasteiger partial charge on any atom is 0.225 e. The van der Waals surface area contributed by atoms with Crippen LogP contribution in [0.5, 0.6) is 0 Å². The van der Waals surface area contributed by atoms with Crippen molar-refractivity contribution in [2.75, 3.05) is 43.4 Å². The number of fused-ring (bicyclic) bond motifs is 1. The first-order valence-corrected chi connectivity index (χ1v) is 11.3. The second kappa shape index (κ2) is 9.60. The molecule has 31 heavy (non-hydrogen) atoms. The van der Waals surface area contributed by atoms with Crippen LogP contribution in [0, 0.1) is 12.8 Å². The standard InChI is InChI=1S/C24H30ClN5O/c1-16-7-8-19(25)12-22(16)30-10-9-17(15-30)13-27-24(26-2)28-14-18-11-23(31)29-21-6-4-3-5-20(18)21/h3-8,12,17-18H,9-11,13-15H2,1-2H3,(H,29,31)(H2,26,27,28). The number of para-hydroxylation sites is 1. The molecule has 6 nitrogen and oxygen atoms in total. The number of hydrogen-bond donors (Lipinski definition) is 3. The van der Waals surface area contributed by atoms with Gasteiger partial charge in [0.05, 0.1) is 0 Å². The average Bonchev–Trinajstić information content (AvgIpc) is 3.24. The minimum atomic E-state index is 0.0656. The second-order valence-electron chi connectivity index (χ2n) is 8.40. The molecule has 0 saturated carbocycles. The number of aryl methyl sites for hydroxylation is 1. The van der Waals surface area contributed by atoms with Crippen LogP contribution in [-0.4, -0.2) is 45.1 Å². The van der Waals surface area contributed by atoms with Gasteiger partial charge in [0.25, 0.3) is 0 Å². The van der Waals surface area contributed by atoms with E-state index in [1.54, 1.807) is 7.05 Å². The molecule has 0 spiro atoms. The van der Waals surface area contributed by atoms with E-state index < -0.39 is 0 Å². The van der Waals surface area contributed by atoms with Gasteiger partial charge in [-0.3, -0.25) is 9.79 Å². The first-order chi connectivity index (χ1) is 15.0. The van der Waals surface area contributed by atoms with Crippen molar-refractivity contribution in [3.8, 4) is 0 Å². The number of rotatable bonds is 5. The number of guanidine groups is 1. The highest BCUT2D eigenvalue weighted by atomic mass is 35.5. The van der Waals surface area contributed by atoms with Gasteiger partial charge in [0.1, 0.15) is 0 Å². The first kappa shape index (κ1) is 21.5. The molecule has 7 heteroatoms. The van der Waals surface area contributed by atoms with Crippen molar-refractivity contribution in [3.63, 3.8) is 0 Å². The lowest BCUT2D eigenvalue weighted by atomic mass is 9.90. The van der Waals surface area contributed by atoms with E-state index in [0.717, 1.165) is 42.7 Å². The molecule has 164 valence electrons. The minimum Gasteiger partial charge on any atom is -0.371 e. The molecule has 0 aromatic heterocycles. The van der Waals surface area contributed by atoms with Crippen molar-refractivity contribution in [2.24, 2.45) is 10.9 Å². The molecule has 0 aliphatic carbocycles. The Kier molecular flexibility index (Phi) is 6.66. The second-order valence-corrected chi connectivity index (χ2v) is 8.84. The van der Waals surface area contributed by atoms with Gasteiger partial charge < -0.3 is 20.9 Å². The van der Waals surface area contributed by atoms with Crippen LogP contribution in [0.1, 0.15) is 29.9 Å². The number of anilines is 2. The summed E-state index contributed by atoms with van der Waals surface area (Å²) in [6.07, 6.45) is 1.61. The zero-order chi connectivity index (χ0) is 21.8. The van der Waals surface area contributed by atoms with Crippen LogP contribution in [0.3, 0.4) is 0 Å². The van der Waals surface area contributed by atoms with Crippen LogP contribution in [0.15, 0.2) is 47.5 Å². The number of nitrogens with zero attached hydrogens (tertiary/aromatic N) is 2. The fraction of sp³-hybridized carbons (Fsp3) is 0.417. The van der Waals surface area contributed by atoms with Crippen molar-refractivity contribution < 1.29 is 4.79 Å². The molecule has 0 bridgehead atoms. The molecule has 3 N–H and O–H groups in total. The number of halogens is 1. The van der Waals surface area contributed by atoms with Crippen LogP contribution < -0.4 is 20.9 Å². The third-order valence-electron chi connectivity index (χ3n) is 6.20. The average molecular weight is 440 g/mol. The molecule has 2 unspecified atom stereocenters. The fourth-order valence-electron chi connectivity index (χ4n) is 4.51. The van der Waals surface area contributed by atoms with Crippen LogP contribution in [0.25, 0.3) is 0 Å². The third kappa shape index (κ3) is 5.13. The fourth-order valence-corrected chi connectivity index (χ4v) is 4.67. The van der Waals surface area contributed by atoms with E-state index in [-0.39, 0.29) is 11.8 Å². The molecule has 2 heterocycles. The zero-order valence-corrected chi connectivity index (χ0v) is 18.9. The van der Waals surface area contributed by atoms with Gasteiger partial charge in [-0.25, -0.2) is 0 Å². The van der Waals surface area contributed by atoms with Crippen LogP contribution in [0.2, 0.25) is 5.02 Å². The molecule has 2 aliphatic rings. The molecule has 2 aliphatic heterocycles. The number of carbonyl (C=O) groups excluding carboxylic acids is 1. The quantitative estimate of drug-likeness (QED) is 0.490.